The molecule has 1 aromatic heterocycles. The molecule has 0 amide bonds. The van der Waals surface area contributed by atoms with Crippen molar-refractivity contribution in [3.05, 3.63) is 51.7 Å². The molecule has 2 aromatic rings. The minimum atomic E-state index is -0.293. The van der Waals surface area contributed by atoms with Crippen LogP contribution >= 0.6 is 11.6 Å². The van der Waals surface area contributed by atoms with E-state index >= 15 is 0 Å². The molecule has 0 atom stereocenters. The predicted octanol–water partition coefficient (Wildman–Crippen LogP) is 1.27. The summed E-state index contributed by atoms with van der Waals surface area (Å²) in [5.41, 5.74) is 0.719. The fraction of sp³-hybridized carbons (Fsp3) is 0.111. The van der Waals surface area contributed by atoms with E-state index in [1.54, 1.807) is 0 Å². The first-order valence-electron chi connectivity index (χ1n) is 4.12. The first kappa shape index (κ1) is 9.02. The van der Waals surface area contributed by atoms with Gasteiger partial charge in [0.05, 0.1) is 6.54 Å². The molecule has 0 saturated heterocycles. The molecule has 14 heavy (non-hydrogen) atoms. The fourth-order valence-electron chi connectivity index (χ4n) is 1.19. The van der Waals surface area contributed by atoms with Crippen LogP contribution in [0.15, 0.2) is 35.1 Å². The Morgan fingerprint density at radius 1 is 1.36 bits per heavy atom. The summed E-state index contributed by atoms with van der Waals surface area (Å²) in [5.74, 6) is 0. The summed E-state index contributed by atoms with van der Waals surface area (Å²) in [6.45, 7) is 0.433. The normalized spacial score (nSPS) is 10.4. The summed E-state index contributed by atoms with van der Waals surface area (Å²) in [7, 11) is 0. The number of nitrogens with one attached hydrogen (secondary N) is 1. The second-order valence-corrected chi connectivity index (χ2v) is 3.22. The number of hydrogen-bond donors (Lipinski definition) is 1. The molecule has 0 saturated carbocycles. The van der Waals surface area contributed by atoms with E-state index < -0.39 is 0 Å². The maximum Gasteiger partial charge on any atom is 0.344 e. The lowest BCUT2D eigenvalue weighted by Gasteiger charge is -1.98. The molecule has 1 heterocycles. The predicted molar refractivity (Wildman–Crippen MR) is 53.4 cm³/mol. The zero-order valence-electron chi connectivity index (χ0n) is 7.27. The Morgan fingerprint density at radius 2 is 2.07 bits per heavy atom. The molecule has 2 rings (SSSR count). The third-order valence-corrected chi connectivity index (χ3v) is 2.00. The summed E-state index contributed by atoms with van der Waals surface area (Å²) in [5, 5.41) is 3.94. The van der Waals surface area contributed by atoms with Gasteiger partial charge in [-0.15, -0.1) is 5.10 Å². The number of rotatable bonds is 2. The van der Waals surface area contributed by atoms with Gasteiger partial charge >= 0.3 is 5.69 Å². The van der Waals surface area contributed by atoms with Crippen molar-refractivity contribution in [2.75, 3.05) is 0 Å². The number of aromatic amines is 1. The van der Waals surface area contributed by atoms with Crippen molar-refractivity contribution >= 4 is 11.6 Å². The smallest absolute Gasteiger partial charge is 0.279 e. The van der Waals surface area contributed by atoms with Crippen LogP contribution < -0.4 is 5.69 Å². The lowest BCUT2D eigenvalue weighted by atomic mass is 10.2. The third-order valence-electron chi connectivity index (χ3n) is 1.83. The minimum absolute atomic E-state index is 0.117. The highest BCUT2D eigenvalue weighted by molar-refractivity contribution is 6.28. The monoisotopic (exact) mass is 209 g/mol. The molecule has 0 aliphatic carbocycles. The Labute approximate surface area is 85.1 Å². The van der Waals surface area contributed by atoms with Crippen LogP contribution in [0.5, 0.6) is 0 Å². The Kier molecular flexibility index (Phi) is 2.37. The lowest BCUT2D eigenvalue weighted by Crippen LogP contribution is -2.18. The average molecular weight is 210 g/mol. The summed E-state index contributed by atoms with van der Waals surface area (Å²) >= 11 is 5.54. The van der Waals surface area contributed by atoms with Crippen molar-refractivity contribution in [3.63, 3.8) is 0 Å². The SMILES string of the molecule is O=c1[nH]c(Cl)nn1Cc1ccccc1. The van der Waals surface area contributed by atoms with Crippen molar-refractivity contribution in [2.24, 2.45) is 0 Å². The van der Waals surface area contributed by atoms with Gasteiger partial charge in [0.25, 0.3) is 0 Å². The van der Waals surface area contributed by atoms with Crippen molar-refractivity contribution in [3.8, 4) is 0 Å². The molecule has 0 spiro atoms. The number of hydrogen-bond acceptors (Lipinski definition) is 2. The number of halogens is 1. The van der Waals surface area contributed by atoms with Crippen molar-refractivity contribution < 1.29 is 0 Å². The zero-order valence-corrected chi connectivity index (χ0v) is 8.03. The van der Waals surface area contributed by atoms with Crippen LogP contribution in [0.3, 0.4) is 0 Å². The molecule has 1 aromatic carbocycles. The van der Waals surface area contributed by atoms with Gasteiger partial charge in [0.1, 0.15) is 0 Å². The highest BCUT2D eigenvalue weighted by Crippen LogP contribution is 2.00. The van der Waals surface area contributed by atoms with Crippen LogP contribution in [0.25, 0.3) is 0 Å². The number of H-pyrrole nitrogens is 1. The highest BCUT2D eigenvalue weighted by Gasteiger charge is 2.02. The highest BCUT2D eigenvalue weighted by atomic mass is 35.5. The third kappa shape index (κ3) is 1.85. The van der Waals surface area contributed by atoms with E-state index in [9.17, 15) is 4.79 Å². The van der Waals surface area contributed by atoms with Crippen LogP contribution in [-0.2, 0) is 6.54 Å². The number of nitrogens with zero attached hydrogens (tertiary/aromatic N) is 2. The van der Waals surface area contributed by atoms with Crippen LogP contribution in [-0.4, -0.2) is 14.8 Å². The van der Waals surface area contributed by atoms with Gasteiger partial charge in [0.15, 0.2) is 0 Å². The maximum atomic E-state index is 11.2. The number of aromatic nitrogens is 3. The molecule has 72 valence electrons. The molecule has 4 nitrogen and oxygen atoms in total. The van der Waals surface area contributed by atoms with E-state index in [1.807, 2.05) is 30.3 Å². The van der Waals surface area contributed by atoms with Gasteiger partial charge in [-0.25, -0.2) is 9.48 Å². The Hall–Kier alpha value is -1.55. The Bertz CT molecular complexity index is 474. The van der Waals surface area contributed by atoms with Crippen LogP contribution in [0.2, 0.25) is 5.28 Å². The zero-order chi connectivity index (χ0) is 9.97. The summed E-state index contributed by atoms with van der Waals surface area (Å²) in [6.07, 6.45) is 0. The Morgan fingerprint density at radius 3 is 2.64 bits per heavy atom. The number of benzene rings is 1. The fourth-order valence-corrected chi connectivity index (χ4v) is 1.36. The molecule has 0 unspecified atom stereocenters. The summed E-state index contributed by atoms with van der Waals surface area (Å²) < 4.78 is 1.29. The molecule has 0 radical (unpaired) electrons. The van der Waals surface area contributed by atoms with Gasteiger partial charge in [0, 0.05) is 0 Å². The molecule has 0 aliphatic heterocycles. The van der Waals surface area contributed by atoms with E-state index in [2.05, 4.69) is 10.1 Å². The standard InChI is InChI=1S/C9H8ClN3O/c10-8-11-9(14)13(12-8)6-7-4-2-1-3-5-7/h1-5H,6H2,(H,11,12,14). The molecular weight excluding hydrogens is 202 g/mol. The first-order chi connectivity index (χ1) is 6.75. The van der Waals surface area contributed by atoms with Gasteiger partial charge in [-0.05, 0) is 17.2 Å². The van der Waals surface area contributed by atoms with Gasteiger partial charge in [-0.2, -0.15) is 0 Å². The lowest BCUT2D eigenvalue weighted by molar-refractivity contribution is 0.659. The van der Waals surface area contributed by atoms with E-state index in [-0.39, 0.29) is 11.0 Å². The molecule has 5 heteroatoms. The second-order valence-electron chi connectivity index (χ2n) is 2.86. The van der Waals surface area contributed by atoms with Gasteiger partial charge < -0.3 is 0 Å². The van der Waals surface area contributed by atoms with Gasteiger partial charge in [0.2, 0.25) is 5.28 Å². The molecule has 1 N–H and O–H groups in total. The van der Waals surface area contributed by atoms with E-state index in [0.29, 0.717) is 6.54 Å². The van der Waals surface area contributed by atoms with Crippen LogP contribution in [0, 0.1) is 0 Å². The first-order valence-corrected chi connectivity index (χ1v) is 4.50. The van der Waals surface area contributed by atoms with Crippen molar-refractivity contribution in [1.29, 1.82) is 0 Å². The molecule has 0 bridgehead atoms. The quantitative estimate of drug-likeness (QED) is 0.810. The van der Waals surface area contributed by atoms with Crippen molar-refractivity contribution in [1.82, 2.24) is 14.8 Å². The molecular formula is C9H8ClN3O. The van der Waals surface area contributed by atoms with E-state index in [4.69, 9.17) is 11.6 Å². The van der Waals surface area contributed by atoms with E-state index in [0.717, 1.165) is 5.56 Å². The second kappa shape index (κ2) is 3.67. The molecule has 0 aliphatic rings. The average Bonchev–Trinajstić information content (AvgIpc) is 2.47. The van der Waals surface area contributed by atoms with Crippen LogP contribution in [0.4, 0.5) is 0 Å². The van der Waals surface area contributed by atoms with E-state index in [1.165, 1.54) is 4.68 Å². The summed E-state index contributed by atoms with van der Waals surface area (Å²) in [6, 6.07) is 9.59. The van der Waals surface area contributed by atoms with Crippen LogP contribution in [0.1, 0.15) is 5.56 Å². The minimum Gasteiger partial charge on any atom is -0.279 e. The van der Waals surface area contributed by atoms with Gasteiger partial charge in [-0.1, -0.05) is 30.3 Å². The topological polar surface area (TPSA) is 50.7 Å². The Balaban J connectivity index is 2.28. The molecule has 0 fully saturated rings. The van der Waals surface area contributed by atoms with Gasteiger partial charge in [-0.3, -0.25) is 4.98 Å². The van der Waals surface area contributed by atoms with Crippen molar-refractivity contribution in [2.45, 2.75) is 6.54 Å². The summed E-state index contributed by atoms with van der Waals surface area (Å²) in [4.78, 5) is 13.6. The largest absolute Gasteiger partial charge is 0.344 e. The maximum absolute atomic E-state index is 11.2.